The van der Waals surface area contributed by atoms with E-state index in [1.165, 1.54) is 5.56 Å². The molecule has 2 aromatic rings. The summed E-state index contributed by atoms with van der Waals surface area (Å²) in [5.74, 6) is 1.04. The van der Waals surface area contributed by atoms with Crippen LogP contribution in [0.2, 0.25) is 0 Å². The third-order valence-electron chi connectivity index (χ3n) is 2.60. The predicted octanol–water partition coefficient (Wildman–Crippen LogP) is 2.75. The van der Waals surface area contributed by atoms with Crippen LogP contribution in [0.15, 0.2) is 29.2 Å². The molecule has 0 aliphatic carbocycles. The van der Waals surface area contributed by atoms with Crippen molar-refractivity contribution in [1.29, 1.82) is 0 Å². The van der Waals surface area contributed by atoms with Gasteiger partial charge in [-0.2, -0.15) is 11.3 Å². The van der Waals surface area contributed by atoms with Gasteiger partial charge >= 0.3 is 0 Å². The van der Waals surface area contributed by atoms with E-state index in [9.17, 15) is 0 Å². The maximum absolute atomic E-state index is 4.32. The van der Waals surface area contributed by atoms with Crippen molar-refractivity contribution in [3.63, 3.8) is 0 Å². The molecule has 0 fully saturated rings. The molecule has 0 bridgehead atoms. The lowest BCUT2D eigenvalue weighted by molar-refractivity contribution is 0.494. The number of hydrogen-bond acceptors (Lipinski definition) is 3. The first kappa shape index (κ1) is 11.4. The third-order valence-corrected chi connectivity index (χ3v) is 3.33. The van der Waals surface area contributed by atoms with Gasteiger partial charge in [0.25, 0.3) is 0 Å². The molecule has 1 unspecified atom stereocenters. The third kappa shape index (κ3) is 2.93. The Labute approximate surface area is 99.9 Å². The van der Waals surface area contributed by atoms with Crippen LogP contribution < -0.4 is 5.32 Å². The summed E-state index contributed by atoms with van der Waals surface area (Å²) in [5.41, 5.74) is 1.42. The summed E-state index contributed by atoms with van der Waals surface area (Å²) in [4.78, 5) is 7.50. The molecule has 3 nitrogen and oxygen atoms in total. The number of rotatable bonds is 6. The van der Waals surface area contributed by atoms with Crippen molar-refractivity contribution >= 4 is 11.3 Å². The van der Waals surface area contributed by atoms with Crippen LogP contribution in [0.4, 0.5) is 0 Å². The molecule has 4 heteroatoms. The maximum atomic E-state index is 4.32. The van der Waals surface area contributed by atoms with Gasteiger partial charge in [-0.25, -0.2) is 4.98 Å². The Bertz CT molecular complexity index is 380. The van der Waals surface area contributed by atoms with Crippen LogP contribution in [0.5, 0.6) is 0 Å². The first-order valence-corrected chi connectivity index (χ1v) is 6.58. The zero-order chi connectivity index (χ0) is 11.2. The molecule has 0 saturated heterocycles. The van der Waals surface area contributed by atoms with E-state index in [1.54, 1.807) is 11.3 Å². The lowest BCUT2D eigenvalue weighted by atomic mass is 10.1. The number of imidazole rings is 1. The largest absolute Gasteiger partial charge is 0.347 e. The molecular formula is C12H17N3S. The summed E-state index contributed by atoms with van der Waals surface area (Å²) in [6.07, 6.45) is 5.87. The van der Waals surface area contributed by atoms with Gasteiger partial charge in [-0.3, -0.25) is 0 Å². The van der Waals surface area contributed by atoms with Gasteiger partial charge in [0.1, 0.15) is 5.82 Å². The number of nitrogens with zero attached hydrogens (tertiary/aromatic N) is 1. The molecule has 86 valence electrons. The maximum Gasteiger partial charge on any atom is 0.123 e. The highest BCUT2D eigenvalue weighted by Gasteiger charge is 2.12. The van der Waals surface area contributed by atoms with Crippen molar-refractivity contribution in [2.45, 2.75) is 25.8 Å². The molecule has 0 radical (unpaired) electrons. The Morgan fingerprint density at radius 1 is 1.56 bits per heavy atom. The highest BCUT2D eigenvalue weighted by molar-refractivity contribution is 7.07. The van der Waals surface area contributed by atoms with Gasteiger partial charge in [0, 0.05) is 12.4 Å². The smallest absolute Gasteiger partial charge is 0.123 e. The molecule has 0 aliphatic heterocycles. The number of aryl methyl sites for hydroxylation is 1. The van der Waals surface area contributed by atoms with Crippen LogP contribution in [-0.4, -0.2) is 16.5 Å². The topological polar surface area (TPSA) is 40.7 Å². The molecule has 0 amide bonds. The highest BCUT2D eigenvalue weighted by atomic mass is 32.1. The van der Waals surface area contributed by atoms with E-state index < -0.39 is 0 Å². The predicted molar refractivity (Wildman–Crippen MR) is 67.6 cm³/mol. The molecule has 0 spiro atoms. The Morgan fingerprint density at radius 3 is 3.12 bits per heavy atom. The fraction of sp³-hybridized carbons (Fsp3) is 0.417. The second kappa shape index (κ2) is 5.82. The minimum Gasteiger partial charge on any atom is -0.347 e. The molecule has 0 saturated carbocycles. The van der Waals surface area contributed by atoms with Crippen molar-refractivity contribution in [1.82, 2.24) is 15.3 Å². The summed E-state index contributed by atoms with van der Waals surface area (Å²) < 4.78 is 0. The van der Waals surface area contributed by atoms with Crippen molar-refractivity contribution in [3.8, 4) is 0 Å². The summed E-state index contributed by atoms with van der Waals surface area (Å²) in [5, 5.41) is 7.80. The Kier molecular flexibility index (Phi) is 4.13. The second-order valence-electron chi connectivity index (χ2n) is 3.75. The van der Waals surface area contributed by atoms with Gasteiger partial charge < -0.3 is 10.3 Å². The molecule has 2 heterocycles. The monoisotopic (exact) mass is 235 g/mol. The van der Waals surface area contributed by atoms with E-state index in [0.717, 1.165) is 25.2 Å². The van der Waals surface area contributed by atoms with Gasteiger partial charge in [0.2, 0.25) is 0 Å². The minimum absolute atomic E-state index is 0.333. The van der Waals surface area contributed by atoms with E-state index in [4.69, 9.17) is 0 Å². The first-order chi connectivity index (χ1) is 7.90. The number of nitrogens with one attached hydrogen (secondary N) is 2. The van der Waals surface area contributed by atoms with Gasteiger partial charge in [0.15, 0.2) is 0 Å². The van der Waals surface area contributed by atoms with E-state index in [1.807, 2.05) is 12.4 Å². The van der Waals surface area contributed by atoms with Gasteiger partial charge in [-0.1, -0.05) is 6.92 Å². The summed E-state index contributed by atoms with van der Waals surface area (Å²) in [6, 6.07) is 2.52. The van der Waals surface area contributed by atoms with Crippen molar-refractivity contribution < 1.29 is 0 Å². The number of thiophene rings is 1. The van der Waals surface area contributed by atoms with Crippen LogP contribution in [-0.2, 0) is 6.42 Å². The summed E-state index contributed by atoms with van der Waals surface area (Å²) in [7, 11) is 0. The highest BCUT2D eigenvalue weighted by Crippen LogP contribution is 2.17. The SMILES string of the molecule is CCNC(CCc1ccsc1)c1ncc[nH]1. The Hall–Kier alpha value is -1.13. The summed E-state index contributed by atoms with van der Waals surface area (Å²) >= 11 is 1.76. The van der Waals surface area contributed by atoms with Gasteiger partial charge in [-0.05, 0) is 41.8 Å². The molecule has 0 aliphatic rings. The van der Waals surface area contributed by atoms with Crippen molar-refractivity contribution in [2.75, 3.05) is 6.54 Å². The lowest BCUT2D eigenvalue weighted by Crippen LogP contribution is -2.22. The van der Waals surface area contributed by atoms with E-state index in [0.29, 0.717) is 6.04 Å². The van der Waals surface area contributed by atoms with Crippen LogP contribution in [0.25, 0.3) is 0 Å². The zero-order valence-electron chi connectivity index (χ0n) is 9.44. The standard InChI is InChI=1S/C12H17N3S/c1-2-13-11(12-14-6-7-15-12)4-3-10-5-8-16-9-10/h5-9,11,13H,2-4H2,1H3,(H,14,15). The normalized spacial score (nSPS) is 12.8. The molecule has 2 aromatic heterocycles. The van der Waals surface area contributed by atoms with Crippen molar-refractivity contribution in [3.05, 3.63) is 40.6 Å². The van der Waals surface area contributed by atoms with Crippen LogP contribution >= 0.6 is 11.3 Å². The second-order valence-corrected chi connectivity index (χ2v) is 4.53. The number of H-pyrrole nitrogens is 1. The van der Waals surface area contributed by atoms with Crippen LogP contribution in [0, 0.1) is 0 Å². The Balaban J connectivity index is 1.93. The van der Waals surface area contributed by atoms with Gasteiger partial charge in [-0.15, -0.1) is 0 Å². The molecule has 0 aromatic carbocycles. The first-order valence-electron chi connectivity index (χ1n) is 5.64. The Morgan fingerprint density at radius 2 is 2.50 bits per heavy atom. The molecule has 1 atom stereocenters. The molecule has 16 heavy (non-hydrogen) atoms. The summed E-state index contributed by atoms with van der Waals surface area (Å²) in [6.45, 7) is 3.09. The van der Waals surface area contributed by atoms with E-state index in [2.05, 4.69) is 39.0 Å². The molecular weight excluding hydrogens is 218 g/mol. The quantitative estimate of drug-likeness (QED) is 0.808. The molecule has 2 N–H and O–H groups in total. The number of aromatic nitrogens is 2. The molecule has 2 rings (SSSR count). The van der Waals surface area contributed by atoms with Crippen LogP contribution in [0.1, 0.15) is 30.8 Å². The van der Waals surface area contributed by atoms with E-state index in [-0.39, 0.29) is 0 Å². The minimum atomic E-state index is 0.333. The van der Waals surface area contributed by atoms with Gasteiger partial charge in [0.05, 0.1) is 6.04 Å². The average molecular weight is 235 g/mol. The van der Waals surface area contributed by atoms with Crippen molar-refractivity contribution in [2.24, 2.45) is 0 Å². The lowest BCUT2D eigenvalue weighted by Gasteiger charge is -2.14. The van der Waals surface area contributed by atoms with E-state index >= 15 is 0 Å². The number of hydrogen-bond donors (Lipinski definition) is 2. The fourth-order valence-corrected chi connectivity index (χ4v) is 2.50. The fourth-order valence-electron chi connectivity index (χ4n) is 1.80. The number of aromatic amines is 1. The average Bonchev–Trinajstić information content (AvgIpc) is 2.96. The zero-order valence-corrected chi connectivity index (χ0v) is 10.3. The van der Waals surface area contributed by atoms with Crippen LogP contribution in [0.3, 0.4) is 0 Å².